The Kier molecular flexibility index (Phi) is 3.69. The third-order valence-corrected chi connectivity index (χ3v) is 2.64. The fraction of sp³-hybridized carbons (Fsp3) is 0.545. The Hall–Kier alpha value is -1.20. The van der Waals surface area contributed by atoms with Crippen LogP contribution in [0.4, 0.5) is 10.2 Å². The van der Waals surface area contributed by atoms with E-state index in [1.165, 1.54) is 12.3 Å². The van der Waals surface area contributed by atoms with Crippen molar-refractivity contribution in [3.8, 4) is 0 Å². The highest BCUT2D eigenvalue weighted by atomic mass is 19.1. The van der Waals surface area contributed by atoms with Gasteiger partial charge in [0.15, 0.2) is 11.6 Å². The molecule has 0 saturated carbocycles. The molecule has 1 aromatic rings. The second-order valence-electron chi connectivity index (χ2n) is 3.72. The van der Waals surface area contributed by atoms with Crippen LogP contribution in [0.25, 0.3) is 0 Å². The molecule has 2 heterocycles. The number of aliphatic hydroxyl groups excluding tert-OH is 1. The molecule has 1 saturated heterocycles. The summed E-state index contributed by atoms with van der Waals surface area (Å²) in [6, 6.07) is 1.49. The molecule has 16 heavy (non-hydrogen) atoms. The average Bonchev–Trinajstić information content (AvgIpc) is 2.58. The fourth-order valence-electron chi connectivity index (χ4n) is 1.77. The highest BCUT2D eigenvalue weighted by Gasteiger charge is 2.17. The number of aliphatic hydroxyl groups is 1. The van der Waals surface area contributed by atoms with Gasteiger partial charge in [0, 0.05) is 31.5 Å². The van der Waals surface area contributed by atoms with Crippen molar-refractivity contribution in [3.05, 3.63) is 23.6 Å². The molecule has 1 aliphatic rings. The van der Waals surface area contributed by atoms with Crippen molar-refractivity contribution in [2.24, 2.45) is 0 Å². The Labute approximate surface area is 93.7 Å². The summed E-state index contributed by atoms with van der Waals surface area (Å²) in [5.41, 5.74) is 0.287. The van der Waals surface area contributed by atoms with Crippen LogP contribution in [0.2, 0.25) is 0 Å². The second-order valence-corrected chi connectivity index (χ2v) is 3.72. The van der Waals surface area contributed by atoms with E-state index >= 15 is 0 Å². The van der Waals surface area contributed by atoms with Gasteiger partial charge in [-0.25, -0.2) is 9.37 Å². The second kappa shape index (κ2) is 5.23. The molecule has 1 aliphatic heterocycles. The zero-order valence-electron chi connectivity index (χ0n) is 9.03. The van der Waals surface area contributed by atoms with Crippen molar-refractivity contribution in [2.45, 2.75) is 13.0 Å². The molecular weight excluding hydrogens is 211 g/mol. The van der Waals surface area contributed by atoms with Crippen LogP contribution in [0, 0.1) is 5.82 Å². The molecule has 0 spiro atoms. The van der Waals surface area contributed by atoms with E-state index in [1.54, 1.807) is 0 Å². The van der Waals surface area contributed by atoms with Gasteiger partial charge in [0.25, 0.3) is 0 Å². The molecule has 0 radical (unpaired) electrons. The summed E-state index contributed by atoms with van der Waals surface area (Å²) in [4.78, 5) is 5.90. The number of hydrogen-bond donors (Lipinski definition) is 1. The minimum atomic E-state index is -0.424. The largest absolute Gasteiger partial charge is 0.392 e. The average molecular weight is 226 g/mol. The van der Waals surface area contributed by atoms with Crippen molar-refractivity contribution in [1.29, 1.82) is 0 Å². The summed E-state index contributed by atoms with van der Waals surface area (Å²) in [5.74, 6) is -0.107. The van der Waals surface area contributed by atoms with E-state index in [4.69, 9.17) is 9.84 Å². The zero-order chi connectivity index (χ0) is 11.4. The third kappa shape index (κ3) is 2.31. The van der Waals surface area contributed by atoms with Gasteiger partial charge in [-0.05, 0) is 12.5 Å². The Morgan fingerprint density at radius 1 is 1.44 bits per heavy atom. The van der Waals surface area contributed by atoms with Crippen LogP contribution in [0.3, 0.4) is 0 Å². The molecule has 0 amide bonds. The first kappa shape index (κ1) is 11.3. The van der Waals surface area contributed by atoms with E-state index in [1.807, 2.05) is 4.90 Å². The van der Waals surface area contributed by atoms with Gasteiger partial charge >= 0.3 is 0 Å². The number of aromatic nitrogens is 1. The number of halogens is 1. The Morgan fingerprint density at radius 2 is 2.31 bits per heavy atom. The Morgan fingerprint density at radius 3 is 3.12 bits per heavy atom. The predicted octanol–water partition coefficient (Wildman–Crippen LogP) is 0.940. The van der Waals surface area contributed by atoms with Crippen molar-refractivity contribution < 1.29 is 14.2 Å². The lowest BCUT2D eigenvalue weighted by Gasteiger charge is -2.21. The number of anilines is 1. The summed E-state index contributed by atoms with van der Waals surface area (Å²) in [6.45, 7) is 2.37. The SMILES string of the molecule is OCc1ccnc(N2CCCOCC2)c1F. The lowest BCUT2D eigenvalue weighted by atomic mass is 10.2. The van der Waals surface area contributed by atoms with Crippen molar-refractivity contribution in [2.75, 3.05) is 31.2 Å². The molecule has 1 fully saturated rings. The van der Waals surface area contributed by atoms with Gasteiger partial charge in [-0.2, -0.15) is 0 Å². The molecule has 2 rings (SSSR count). The molecule has 0 aliphatic carbocycles. The molecular formula is C11H15FN2O2. The smallest absolute Gasteiger partial charge is 0.171 e. The topological polar surface area (TPSA) is 45.6 Å². The molecule has 5 heteroatoms. The Balaban J connectivity index is 2.24. The first-order valence-corrected chi connectivity index (χ1v) is 5.40. The van der Waals surface area contributed by atoms with E-state index in [-0.39, 0.29) is 12.2 Å². The fourth-order valence-corrected chi connectivity index (χ4v) is 1.77. The van der Waals surface area contributed by atoms with E-state index in [2.05, 4.69) is 4.98 Å². The normalized spacial score (nSPS) is 17.2. The van der Waals surface area contributed by atoms with Crippen molar-refractivity contribution in [1.82, 2.24) is 4.98 Å². The number of ether oxygens (including phenoxy) is 1. The zero-order valence-corrected chi connectivity index (χ0v) is 9.03. The molecule has 88 valence electrons. The molecule has 0 aromatic carbocycles. The first-order valence-electron chi connectivity index (χ1n) is 5.40. The minimum absolute atomic E-state index is 0.287. The quantitative estimate of drug-likeness (QED) is 0.815. The molecule has 0 atom stereocenters. The van der Waals surface area contributed by atoms with Gasteiger partial charge in [-0.3, -0.25) is 0 Å². The lowest BCUT2D eigenvalue weighted by Crippen LogP contribution is -2.28. The Bertz CT molecular complexity index is 352. The monoisotopic (exact) mass is 226 g/mol. The number of hydrogen-bond acceptors (Lipinski definition) is 4. The minimum Gasteiger partial charge on any atom is -0.392 e. The van der Waals surface area contributed by atoms with Gasteiger partial charge < -0.3 is 14.7 Å². The number of rotatable bonds is 2. The lowest BCUT2D eigenvalue weighted by molar-refractivity contribution is 0.152. The van der Waals surface area contributed by atoms with E-state index in [9.17, 15) is 4.39 Å². The van der Waals surface area contributed by atoms with Crippen LogP contribution in [-0.4, -0.2) is 36.4 Å². The van der Waals surface area contributed by atoms with Gasteiger partial charge in [-0.1, -0.05) is 0 Å². The van der Waals surface area contributed by atoms with Gasteiger partial charge in [-0.15, -0.1) is 0 Å². The van der Waals surface area contributed by atoms with Crippen LogP contribution in [0.1, 0.15) is 12.0 Å². The maximum absolute atomic E-state index is 13.9. The van der Waals surface area contributed by atoms with Crippen LogP contribution >= 0.6 is 0 Å². The number of nitrogens with zero attached hydrogens (tertiary/aromatic N) is 2. The maximum Gasteiger partial charge on any atom is 0.171 e. The summed E-state index contributed by atoms with van der Waals surface area (Å²) in [5, 5.41) is 8.99. The van der Waals surface area contributed by atoms with Gasteiger partial charge in [0.2, 0.25) is 0 Å². The summed E-state index contributed by atoms with van der Waals surface area (Å²) in [6.07, 6.45) is 2.39. The first-order chi connectivity index (χ1) is 7.83. The molecule has 0 bridgehead atoms. The maximum atomic E-state index is 13.9. The van der Waals surface area contributed by atoms with Crippen LogP contribution in [-0.2, 0) is 11.3 Å². The van der Waals surface area contributed by atoms with Crippen molar-refractivity contribution >= 4 is 5.82 Å². The summed E-state index contributed by atoms with van der Waals surface area (Å²) < 4.78 is 19.2. The molecule has 1 aromatic heterocycles. The van der Waals surface area contributed by atoms with Gasteiger partial charge in [0.05, 0.1) is 13.2 Å². The van der Waals surface area contributed by atoms with Crippen LogP contribution in [0.15, 0.2) is 12.3 Å². The van der Waals surface area contributed by atoms with Gasteiger partial charge in [0.1, 0.15) is 0 Å². The third-order valence-electron chi connectivity index (χ3n) is 2.64. The van der Waals surface area contributed by atoms with Crippen LogP contribution in [0.5, 0.6) is 0 Å². The van der Waals surface area contributed by atoms with E-state index in [0.717, 1.165) is 13.0 Å². The standard InChI is InChI=1S/C11H15FN2O2/c12-10-9(8-15)2-3-13-11(10)14-4-1-6-16-7-5-14/h2-3,15H,1,4-8H2. The van der Waals surface area contributed by atoms with Crippen molar-refractivity contribution in [3.63, 3.8) is 0 Å². The van der Waals surface area contributed by atoms with E-state index < -0.39 is 5.82 Å². The summed E-state index contributed by atoms with van der Waals surface area (Å²) in [7, 11) is 0. The molecule has 1 N–H and O–H groups in total. The number of pyridine rings is 1. The van der Waals surface area contributed by atoms with Crippen LogP contribution < -0.4 is 4.90 Å². The predicted molar refractivity (Wildman–Crippen MR) is 57.8 cm³/mol. The highest BCUT2D eigenvalue weighted by molar-refractivity contribution is 5.43. The van der Waals surface area contributed by atoms with E-state index in [0.29, 0.717) is 25.6 Å². The molecule has 4 nitrogen and oxygen atoms in total. The highest BCUT2D eigenvalue weighted by Crippen LogP contribution is 2.20. The molecule has 0 unspecified atom stereocenters. The summed E-state index contributed by atoms with van der Waals surface area (Å²) >= 11 is 0.